The van der Waals surface area contributed by atoms with E-state index in [9.17, 15) is 0 Å². The van der Waals surface area contributed by atoms with E-state index in [0.29, 0.717) is 5.89 Å². The molecule has 15 heavy (non-hydrogen) atoms. The van der Waals surface area contributed by atoms with Crippen LogP contribution in [0.5, 0.6) is 0 Å². The summed E-state index contributed by atoms with van der Waals surface area (Å²) < 4.78 is 5.11. The van der Waals surface area contributed by atoms with E-state index >= 15 is 0 Å². The van der Waals surface area contributed by atoms with Crippen molar-refractivity contribution in [2.24, 2.45) is 5.73 Å². The monoisotopic (exact) mass is 229 g/mol. The van der Waals surface area contributed by atoms with Crippen molar-refractivity contribution in [2.45, 2.75) is 44.9 Å². The summed E-state index contributed by atoms with van der Waals surface area (Å²) in [4.78, 5) is 4.28. The van der Waals surface area contributed by atoms with Crippen LogP contribution < -0.4 is 5.73 Å². The van der Waals surface area contributed by atoms with E-state index in [-0.39, 0.29) is 6.04 Å². The molecule has 1 atom stereocenters. The van der Waals surface area contributed by atoms with Crippen molar-refractivity contribution >= 4 is 11.8 Å². The minimum atomic E-state index is -0.104. The number of aromatic nitrogens is 2. The molecule has 0 saturated heterocycles. The summed E-state index contributed by atoms with van der Waals surface area (Å²) in [7, 11) is 0. The zero-order valence-electron chi connectivity index (χ0n) is 9.40. The average Bonchev–Trinajstić information content (AvgIpc) is 2.67. The standard InChI is InChI=1S/C10H19N3OS/c1-3-5-8(11)10-12-9(13-14-10)7-15-6-4-2/h8H,3-7,11H2,1-2H3/t8-/m0/s1. The lowest BCUT2D eigenvalue weighted by Gasteiger charge is -2.02. The van der Waals surface area contributed by atoms with Gasteiger partial charge in [-0.3, -0.25) is 0 Å². The lowest BCUT2D eigenvalue weighted by atomic mass is 10.2. The molecule has 0 aliphatic rings. The number of rotatable bonds is 7. The summed E-state index contributed by atoms with van der Waals surface area (Å²) in [5.74, 6) is 3.28. The largest absolute Gasteiger partial charge is 0.338 e. The second-order valence-corrected chi connectivity index (χ2v) is 4.60. The topological polar surface area (TPSA) is 64.9 Å². The highest BCUT2D eigenvalue weighted by molar-refractivity contribution is 7.98. The fraction of sp³-hybridized carbons (Fsp3) is 0.800. The Labute approximate surface area is 95.0 Å². The third-order valence-electron chi connectivity index (χ3n) is 1.98. The number of nitrogens with zero attached hydrogens (tertiary/aromatic N) is 2. The van der Waals surface area contributed by atoms with Crippen molar-refractivity contribution in [2.75, 3.05) is 5.75 Å². The SMILES string of the molecule is CCCSCc1noc([C@@H](N)CCC)n1. The number of nitrogens with two attached hydrogens (primary N) is 1. The number of hydrogen-bond donors (Lipinski definition) is 1. The summed E-state index contributed by atoms with van der Waals surface area (Å²) in [6.07, 6.45) is 3.10. The minimum absolute atomic E-state index is 0.104. The molecule has 0 aliphatic carbocycles. The fourth-order valence-electron chi connectivity index (χ4n) is 1.22. The number of thioether (sulfide) groups is 1. The lowest BCUT2D eigenvalue weighted by Crippen LogP contribution is -2.10. The van der Waals surface area contributed by atoms with Gasteiger partial charge in [0.15, 0.2) is 5.82 Å². The molecule has 0 saturated carbocycles. The first kappa shape index (κ1) is 12.5. The fourth-order valence-corrected chi connectivity index (χ4v) is 1.95. The Balaban J connectivity index is 2.41. The van der Waals surface area contributed by atoms with Gasteiger partial charge in [-0.2, -0.15) is 16.7 Å². The van der Waals surface area contributed by atoms with Crippen LogP contribution in [0.3, 0.4) is 0 Å². The van der Waals surface area contributed by atoms with Crippen LogP contribution in [0.15, 0.2) is 4.52 Å². The molecule has 1 aromatic rings. The first-order valence-electron chi connectivity index (χ1n) is 5.43. The Morgan fingerprint density at radius 3 is 2.87 bits per heavy atom. The van der Waals surface area contributed by atoms with E-state index in [1.165, 1.54) is 6.42 Å². The molecule has 0 aromatic carbocycles. The van der Waals surface area contributed by atoms with E-state index in [0.717, 1.165) is 30.2 Å². The zero-order chi connectivity index (χ0) is 11.1. The quantitative estimate of drug-likeness (QED) is 0.728. The molecule has 0 amide bonds. The Kier molecular flexibility index (Phi) is 5.71. The van der Waals surface area contributed by atoms with Crippen LogP contribution >= 0.6 is 11.8 Å². The van der Waals surface area contributed by atoms with Gasteiger partial charge >= 0.3 is 0 Å². The van der Waals surface area contributed by atoms with Crippen molar-refractivity contribution in [1.82, 2.24) is 10.1 Å². The van der Waals surface area contributed by atoms with Gasteiger partial charge in [0, 0.05) is 0 Å². The van der Waals surface area contributed by atoms with Gasteiger partial charge in [-0.25, -0.2) is 0 Å². The molecule has 1 heterocycles. The van der Waals surface area contributed by atoms with Gasteiger partial charge < -0.3 is 10.3 Å². The maximum Gasteiger partial charge on any atom is 0.243 e. The van der Waals surface area contributed by atoms with Crippen LogP contribution in [0.2, 0.25) is 0 Å². The van der Waals surface area contributed by atoms with Crippen LogP contribution in [0, 0.1) is 0 Å². The molecule has 5 heteroatoms. The summed E-state index contributed by atoms with van der Waals surface area (Å²) >= 11 is 1.82. The summed E-state index contributed by atoms with van der Waals surface area (Å²) in [6.45, 7) is 4.25. The molecule has 0 spiro atoms. The Hall–Kier alpha value is -0.550. The van der Waals surface area contributed by atoms with Crippen molar-refractivity contribution in [3.05, 3.63) is 11.7 Å². The predicted molar refractivity (Wildman–Crippen MR) is 62.6 cm³/mol. The highest BCUT2D eigenvalue weighted by Gasteiger charge is 2.13. The van der Waals surface area contributed by atoms with Crippen LogP contribution in [0.4, 0.5) is 0 Å². The third-order valence-corrected chi connectivity index (χ3v) is 3.14. The van der Waals surface area contributed by atoms with E-state index in [4.69, 9.17) is 10.3 Å². The molecule has 0 unspecified atom stereocenters. The summed E-state index contributed by atoms with van der Waals surface area (Å²) in [5.41, 5.74) is 5.87. The zero-order valence-corrected chi connectivity index (χ0v) is 10.2. The Morgan fingerprint density at radius 1 is 1.40 bits per heavy atom. The smallest absolute Gasteiger partial charge is 0.243 e. The highest BCUT2D eigenvalue weighted by Crippen LogP contribution is 2.15. The predicted octanol–water partition coefficient (Wildman–Crippen LogP) is 2.51. The molecule has 1 aromatic heterocycles. The first-order valence-corrected chi connectivity index (χ1v) is 6.59. The maximum absolute atomic E-state index is 5.87. The highest BCUT2D eigenvalue weighted by atomic mass is 32.2. The van der Waals surface area contributed by atoms with Crippen molar-refractivity contribution in [1.29, 1.82) is 0 Å². The van der Waals surface area contributed by atoms with E-state index in [2.05, 4.69) is 24.0 Å². The first-order chi connectivity index (χ1) is 7.27. The van der Waals surface area contributed by atoms with E-state index in [1.807, 2.05) is 11.8 Å². The molecular weight excluding hydrogens is 210 g/mol. The molecule has 0 aliphatic heterocycles. The summed E-state index contributed by atoms with van der Waals surface area (Å²) in [5, 5.41) is 3.90. The van der Waals surface area contributed by atoms with Gasteiger partial charge in [0.25, 0.3) is 0 Å². The normalized spacial score (nSPS) is 13.0. The van der Waals surface area contributed by atoms with E-state index in [1.54, 1.807) is 0 Å². The third kappa shape index (κ3) is 4.22. The van der Waals surface area contributed by atoms with Gasteiger partial charge in [0.05, 0.1) is 11.8 Å². The number of hydrogen-bond acceptors (Lipinski definition) is 5. The van der Waals surface area contributed by atoms with Gasteiger partial charge in [-0.05, 0) is 18.6 Å². The van der Waals surface area contributed by atoms with Gasteiger partial charge in [-0.1, -0.05) is 25.4 Å². The lowest BCUT2D eigenvalue weighted by molar-refractivity contribution is 0.345. The van der Waals surface area contributed by atoms with Gasteiger partial charge in [0.1, 0.15) is 0 Å². The average molecular weight is 229 g/mol. The minimum Gasteiger partial charge on any atom is -0.338 e. The second-order valence-electron chi connectivity index (χ2n) is 3.50. The van der Waals surface area contributed by atoms with E-state index < -0.39 is 0 Å². The molecule has 4 nitrogen and oxygen atoms in total. The Bertz CT molecular complexity index is 277. The van der Waals surface area contributed by atoms with Crippen LogP contribution in [0.25, 0.3) is 0 Å². The second kappa shape index (κ2) is 6.85. The molecule has 0 radical (unpaired) electrons. The summed E-state index contributed by atoms with van der Waals surface area (Å²) in [6, 6.07) is -0.104. The van der Waals surface area contributed by atoms with Crippen LogP contribution in [-0.2, 0) is 5.75 Å². The molecule has 0 fully saturated rings. The molecule has 86 valence electrons. The van der Waals surface area contributed by atoms with Gasteiger partial charge in [0.2, 0.25) is 5.89 Å². The Morgan fingerprint density at radius 2 is 2.20 bits per heavy atom. The van der Waals surface area contributed by atoms with Gasteiger partial charge in [-0.15, -0.1) is 0 Å². The van der Waals surface area contributed by atoms with Crippen LogP contribution in [0.1, 0.15) is 50.9 Å². The maximum atomic E-state index is 5.87. The molecular formula is C10H19N3OS. The molecule has 0 bridgehead atoms. The van der Waals surface area contributed by atoms with Crippen molar-refractivity contribution in [3.8, 4) is 0 Å². The molecule has 2 N–H and O–H groups in total. The molecule has 1 rings (SSSR count). The van der Waals surface area contributed by atoms with Crippen molar-refractivity contribution < 1.29 is 4.52 Å². The van der Waals surface area contributed by atoms with Crippen LogP contribution in [-0.4, -0.2) is 15.9 Å². The van der Waals surface area contributed by atoms with Crippen molar-refractivity contribution in [3.63, 3.8) is 0 Å².